The third kappa shape index (κ3) is 4.30. The van der Waals surface area contributed by atoms with Gasteiger partial charge in [-0.15, -0.1) is 0 Å². The van der Waals surface area contributed by atoms with Crippen LogP contribution >= 0.6 is 0 Å². The molecule has 1 saturated heterocycles. The van der Waals surface area contributed by atoms with E-state index in [2.05, 4.69) is 11.6 Å². The third-order valence-corrected chi connectivity index (χ3v) is 7.59. The van der Waals surface area contributed by atoms with Gasteiger partial charge in [-0.3, -0.25) is 24.3 Å². The highest BCUT2D eigenvalue weighted by atomic mass is 32.2. The van der Waals surface area contributed by atoms with Crippen molar-refractivity contribution in [1.29, 1.82) is 0 Å². The van der Waals surface area contributed by atoms with E-state index < -0.39 is 20.5 Å². The zero-order valence-electron chi connectivity index (χ0n) is 19.3. The molecule has 2 aromatic carbocycles. The first-order valence-electron chi connectivity index (χ1n) is 11.0. The van der Waals surface area contributed by atoms with Crippen molar-refractivity contribution in [3.8, 4) is 5.69 Å². The van der Waals surface area contributed by atoms with Crippen molar-refractivity contribution in [2.75, 3.05) is 22.7 Å². The summed E-state index contributed by atoms with van der Waals surface area (Å²) >= 11 is 0. The average Bonchev–Trinajstić information content (AvgIpc) is 3.02. The van der Waals surface area contributed by atoms with Gasteiger partial charge in [-0.05, 0) is 49.9 Å². The number of anilines is 2. The number of nitrogens with zero attached hydrogens (tertiary/aromatic N) is 4. The first kappa shape index (κ1) is 23.6. The average molecular weight is 486 g/mol. The fourth-order valence-electron chi connectivity index (χ4n) is 4.37. The lowest BCUT2D eigenvalue weighted by atomic mass is 9.99. The minimum atomic E-state index is -4.26. The van der Waals surface area contributed by atoms with Gasteiger partial charge in [0.15, 0.2) is 0 Å². The molecule has 0 saturated carbocycles. The Hall–Kier alpha value is -3.60. The molecule has 1 fully saturated rings. The second-order valence-electron chi connectivity index (χ2n) is 8.64. The lowest BCUT2D eigenvalue weighted by Gasteiger charge is -2.32. The molecule has 0 spiro atoms. The summed E-state index contributed by atoms with van der Waals surface area (Å²) in [6.07, 6.45) is 1.97. The molecule has 0 bridgehead atoms. The van der Waals surface area contributed by atoms with E-state index in [1.165, 1.54) is 16.8 Å². The smallest absolute Gasteiger partial charge is 0.296 e. The molecule has 11 heteroatoms. The van der Waals surface area contributed by atoms with E-state index >= 15 is 0 Å². The maximum absolute atomic E-state index is 13.2. The Labute approximate surface area is 197 Å². The predicted octanol–water partition coefficient (Wildman–Crippen LogP) is 3.43. The number of hydrogen-bond donors (Lipinski definition) is 1. The number of nitro benzene ring substituents is 1. The monoisotopic (exact) mass is 485 g/mol. The van der Waals surface area contributed by atoms with Gasteiger partial charge >= 0.3 is 0 Å². The number of sulfonamides is 1. The molecule has 0 radical (unpaired) electrons. The van der Waals surface area contributed by atoms with Gasteiger partial charge in [0.05, 0.1) is 21.2 Å². The van der Waals surface area contributed by atoms with Gasteiger partial charge in [0.1, 0.15) is 11.4 Å². The summed E-state index contributed by atoms with van der Waals surface area (Å²) in [7, 11) is -2.60. The van der Waals surface area contributed by atoms with Crippen LogP contribution in [0.3, 0.4) is 0 Å². The van der Waals surface area contributed by atoms with E-state index in [9.17, 15) is 23.3 Å². The van der Waals surface area contributed by atoms with E-state index in [4.69, 9.17) is 0 Å². The minimum Gasteiger partial charge on any atom is -0.366 e. The number of benzene rings is 2. The normalized spacial score (nSPS) is 16.4. The van der Waals surface area contributed by atoms with Crippen LogP contribution in [0.2, 0.25) is 0 Å². The number of rotatable bonds is 6. The fraction of sp³-hybridized carbons (Fsp3) is 0.348. The molecule has 1 atom stereocenters. The lowest BCUT2D eigenvalue weighted by Crippen LogP contribution is -2.34. The summed E-state index contributed by atoms with van der Waals surface area (Å²) in [6.45, 7) is 5.07. The zero-order chi connectivity index (χ0) is 24.6. The topological polar surface area (TPSA) is 119 Å². The molecule has 10 nitrogen and oxygen atoms in total. The van der Waals surface area contributed by atoms with Crippen LogP contribution in [0.1, 0.15) is 25.5 Å². The highest BCUT2D eigenvalue weighted by Gasteiger charge is 2.28. The molecule has 1 aliphatic heterocycles. The number of nitrogens with one attached hydrogen (secondary N) is 1. The predicted molar refractivity (Wildman–Crippen MR) is 130 cm³/mol. The maximum atomic E-state index is 13.2. The lowest BCUT2D eigenvalue weighted by molar-refractivity contribution is -0.384. The Balaban J connectivity index is 1.72. The highest BCUT2D eigenvalue weighted by molar-refractivity contribution is 7.92. The molecule has 0 amide bonds. The SMILES string of the molecule is Cc1c(NS(=O)(=O)c2ccc(N3CCCC(C)C3)c([N+](=O)[O-])c2)c(=O)n(-c2ccccc2)n1C. The summed E-state index contributed by atoms with van der Waals surface area (Å²) in [6, 6.07) is 12.7. The molecular weight excluding hydrogens is 458 g/mol. The van der Waals surface area contributed by atoms with E-state index in [1.807, 2.05) is 11.0 Å². The van der Waals surface area contributed by atoms with E-state index in [1.54, 1.807) is 42.9 Å². The van der Waals surface area contributed by atoms with Gasteiger partial charge in [0.2, 0.25) is 0 Å². The molecule has 1 aliphatic rings. The largest absolute Gasteiger partial charge is 0.366 e. The van der Waals surface area contributed by atoms with Crippen LogP contribution in [0, 0.1) is 23.0 Å². The van der Waals surface area contributed by atoms with Crippen LogP contribution in [0.25, 0.3) is 5.69 Å². The van der Waals surface area contributed by atoms with Crippen LogP contribution in [0.4, 0.5) is 17.1 Å². The standard InChI is InChI=1S/C23H27N5O5S/c1-16-8-7-13-26(15-16)20-12-11-19(14-21(20)28(30)31)34(32,33)24-22-17(2)25(3)27(23(22)29)18-9-5-4-6-10-18/h4-6,9-12,14,16,24H,7-8,13,15H2,1-3H3. The molecule has 2 heterocycles. The molecule has 3 aromatic rings. The van der Waals surface area contributed by atoms with Gasteiger partial charge in [-0.1, -0.05) is 25.1 Å². The van der Waals surface area contributed by atoms with Crippen molar-refractivity contribution >= 4 is 27.1 Å². The Morgan fingerprint density at radius 3 is 2.50 bits per heavy atom. The zero-order valence-corrected chi connectivity index (χ0v) is 20.1. The van der Waals surface area contributed by atoms with Crippen LogP contribution in [0.5, 0.6) is 0 Å². The van der Waals surface area contributed by atoms with Gasteiger partial charge in [-0.2, -0.15) is 0 Å². The van der Waals surface area contributed by atoms with E-state index in [0.29, 0.717) is 36.1 Å². The third-order valence-electron chi connectivity index (χ3n) is 6.24. The van der Waals surface area contributed by atoms with Gasteiger partial charge < -0.3 is 4.90 Å². The minimum absolute atomic E-state index is 0.108. The number of para-hydroxylation sites is 1. The van der Waals surface area contributed by atoms with Crippen molar-refractivity contribution in [2.45, 2.75) is 31.6 Å². The molecular formula is C23H27N5O5S. The second kappa shape index (κ2) is 8.98. The van der Waals surface area contributed by atoms with E-state index in [-0.39, 0.29) is 16.3 Å². The molecule has 1 aromatic heterocycles. The quantitative estimate of drug-likeness (QED) is 0.422. The van der Waals surface area contributed by atoms with Crippen LogP contribution < -0.4 is 15.2 Å². The van der Waals surface area contributed by atoms with Gasteiger partial charge in [0, 0.05) is 26.2 Å². The molecule has 180 valence electrons. The first-order chi connectivity index (χ1) is 16.1. The van der Waals surface area contributed by atoms with Crippen molar-refractivity contribution in [3.05, 3.63) is 74.7 Å². The van der Waals surface area contributed by atoms with Crippen LogP contribution in [-0.4, -0.2) is 35.8 Å². The number of aromatic nitrogens is 2. The molecule has 0 aliphatic carbocycles. The van der Waals surface area contributed by atoms with Crippen molar-refractivity contribution < 1.29 is 13.3 Å². The Kier molecular flexibility index (Phi) is 6.22. The Morgan fingerprint density at radius 1 is 1.15 bits per heavy atom. The number of hydrogen-bond acceptors (Lipinski definition) is 6. The maximum Gasteiger partial charge on any atom is 0.296 e. The summed E-state index contributed by atoms with van der Waals surface area (Å²) in [5.74, 6) is 0.395. The highest BCUT2D eigenvalue weighted by Crippen LogP contribution is 2.34. The van der Waals surface area contributed by atoms with Crippen LogP contribution in [-0.2, 0) is 17.1 Å². The fourth-order valence-corrected chi connectivity index (χ4v) is 5.51. The van der Waals surface area contributed by atoms with Crippen LogP contribution in [0.15, 0.2) is 58.2 Å². The molecule has 1 N–H and O–H groups in total. The van der Waals surface area contributed by atoms with Crippen molar-refractivity contribution in [1.82, 2.24) is 9.36 Å². The van der Waals surface area contributed by atoms with E-state index in [0.717, 1.165) is 18.9 Å². The summed E-state index contributed by atoms with van der Waals surface area (Å²) in [5, 5.41) is 11.8. The number of piperidine rings is 1. The van der Waals surface area contributed by atoms with Gasteiger partial charge in [0.25, 0.3) is 21.3 Å². The number of nitro groups is 1. The summed E-state index contributed by atoms with van der Waals surface area (Å²) < 4.78 is 31.6. The van der Waals surface area contributed by atoms with Gasteiger partial charge in [-0.25, -0.2) is 13.1 Å². The molecule has 4 rings (SSSR count). The summed E-state index contributed by atoms with van der Waals surface area (Å²) in [4.78, 5) is 26.0. The van der Waals surface area contributed by atoms with Crippen molar-refractivity contribution in [2.24, 2.45) is 13.0 Å². The second-order valence-corrected chi connectivity index (χ2v) is 10.3. The van der Waals surface area contributed by atoms with Crippen molar-refractivity contribution in [3.63, 3.8) is 0 Å². The molecule has 34 heavy (non-hydrogen) atoms. The Bertz CT molecular complexity index is 1400. The molecule has 1 unspecified atom stereocenters. The first-order valence-corrected chi connectivity index (χ1v) is 12.5. The Morgan fingerprint density at radius 2 is 1.85 bits per heavy atom. The summed E-state index contributed by atoms with van der Waals surface area (Å²) in [5.41, 5.74) is 0.470.